The van der Waals surface area contributed by atoms with Crippen molar-refractivity contribution in [3.8, 4) is 0 Å². The van der Waals surface area contributed by atoms with Gasteiger partial charge in [0.2, 0.25) is 0 Å². The summed E-state index contributed by atoms with van der Waals surface area (Å²) in [6.07, 6.45) is -4.20. The quantitative estimate of drug-likeness (QED) is 0.522. The molecule has 9 heteroatoms. The van der Waals surface area contributed by atoms with Crippen molar-refractivity contribution in [3.05, 3.63) is 39.7 Å². The van der Waals surface area contributed by atoms with Crippen LogP contribution in [0, 0.1) is 21.8 Å². The highest BCUT2D eigenvalue weighted by Gasteiger charge is 2.41. The molecule has 0 heterocycles. The van der Waals surface area contributed by atoms with E-state index in [2.05, 4.69) is 5.32 Å². The van der Waals surface area contributed by atoms with Crippen molar-refractivity contribution in [2.24, 2.45) is 5.92 Å². The van der Waals surface area contributed by atoms with E-state index in [1.54, 1.807) is 0 Å². The molecule has 1 aliphatic rings. The molecule has 1 aromatic carbocycles. The van der Waals surface area contributed by atoms with Crippen molar-refractivity contribution in [1.82, 2.24) is 5.32 Å². The lowest BCUT2D eigenvalue weighted by atomic mass is 9.85. The number of nitrogens with one attached hydrogen (secondary N) is 1. The van der Waals surface area contributed by atoms with Crippen molar-refractivity contribution in [3.63, 3.8) is 0 Å². The number of non-ortho nitro benzene ring substituents is 1. The van der Waals surface area contributed by atoms with E-state index in [0.29, 0.717) is 0 Å². The van der Waals surface area contributed by atoms with E-state index in [4.69, 9.17) is 0 Å². The molecular weight excluding hydrogens is 320 g/mol. The van der Waals surface area contributed by atoms with Crippen LogP contribution in [-0.2, 0) is 0 Å². The summed E-state index contributed by atoms with van der Waals surface area (Å²) in [5.41, 5.74) is -0.922. The summed E-state index contributed by atoms with van der Waals surface area (Å²) in [5, 5.41) is 13.1. The number of carbonyl (C=O) groups excluding carboxylic acids is 1. The maximum Gasteiger partial charge on any atom is 0.391 e. The van der Waals surface area contributed by atoms with Gasteiger partial charge in [-0.3, -0.25) is 14.9 Å². The maximum atomic E-state index is 13.6. The summed E-state index contributed by atoms with van der Waals surface area (Å²) < 4.78 is 51.3. The Morgan fingerprint density at radius 2 is 1.83 bits per heavy atom. The molecule has 0 aliphatic heterocycles. The van der Waals surface area contributed by atoms with Gasteiger partial charge in [-0.1, -0.05) is 0 Å². The van der Waals surface area contributed by atoms with E-state index >= 15 is 0 Å². The minimum atomic E-state index is -4.25. The molecule has 0 atom stereocenters. The Labute approximate surface area is 128 Å². The van der Waals surface area contributed by atoms with Crippen LogP contribution in [0.3, 0.4) is 0 Å². The van der Waals surface area contributed by atoms with Gasteiger partial charge in [0, 0.05) is 18.2 Å². The Kier molecular flexibility index (Phi) is 4.86. The fourth-order valence-electron chi connectivity index (χ4n) is 2.63. The normalized spacial score (nSPS) is 21.7. The molecule has 1 amide bonds. The fourth-order valence-corrected chi connectivity index (χ4v) is 2.63. The first kappa shape index (κ1) is 17.2. The standard InChI is InChI=1S/C14H14F4N2O3/c15-12-6-5-10(20(22)23)7-11(12)13(21)19-9-3-1-8(2-4-9)14(16,17)18/h5-9H,1-4H2,(H,19,21)/t8-,9-. The molecule has 0 radical (unpaired) electrons. The molecule has 0 aromatic heterocycles. The Morgan fingerprint density at radius 1 is 1.22 bits per heavy atom. The number of hydrogen-bond donors (Lipinski definition) is 1. The number of nitrogens with zero attached hydrogens (tertiary/aromatic N) is 1. The third-order valence-corrected chi connectivity index (χ3v) is 3.93. The first-order valence-electron chi connectivity index (χ1n) is 7.00. The number of rotatable bonds is 3. The monoisotopic (exact) mass is 334 g/mol. The zero-order valence-electron chi connectivity index (χ0n) is 11.9. The highest BCUT2D eigenvalue weighted by molar-refractivity contribution is 5.95. The van der Waals surface area contributed by atoms with Crippen LogP contribution in [0.5, 0.6) is 0 Å². The molecular formula is C14H14F4N2O3. The van der Waals surface area contributed by atoms with Crippen LogP contribution in [0.15, 0.2) is 18.2 Å². The van der Waals surface area contributed by atoms with Gasteiger partial charge in [0.05, 0.1) is 16.4 Å². The number of amides is 1. The number of hydrogen-bond acceptors (Lipinski definition) is 3. The molecule has 5 nitrogen and oxygen atoms in total. The Morgan fingerprint density at radius 3 is 2.35 bits per heavy atom. The molecule has 2 rings (SSSR count). The van der Waals surface area contributed by atoms with Crippen molar-refractivity contribution in [1.29, 1.82) is 0 Å². The third kappa shape index (κ3) is 4.17. The first-order valence-corrected chi connectivity index (χ1v) is 7.00. The number of halogens is 4. The van der Waals surface area contributed by atoms with Crippen molar-refractivity contribution < 1.29 is 27.3 Å². The number of nitro groups is 1. The molecule has 126 valence electrons. The van der Waals surface area contributed by atoms with E-state index in [-0.39, 0.29) is 25.7 Å². The Bertz CT molecular complexity index is 611. The van der Waals surface area contributed by atoms with Crippen LogP contribution in [0.4, 0.5) is 23.2 Å². The topological polar surface area (TPSA) is 72.2 Å². The number of alkyl halides is 3. The second-order valence-electron chi connectivity index (χ2n) is 5.48. The Hall–Kier alpha value is -2.19. The summed E-state index contributed by atoms with van der Waals surface area (Å²) in [6, 6.07) is 2.06. The van der Waals surface area contributed by atoms with Crippen molar-refractivity contribution in [2.75, 3.05) is 0 Å². The summed E-state index contributed by atoms with van der Waals surface area (Å²) in [6.45, 7) is 0. The molecule has 1 fully saturated rings. The smallest absolute Gasteiger partial charge is 0.349 e. The predicted octanol–water partition coefficient (Wildman–Crippen LogP) is 3.58. The van der Waals surface area contributed by atoms with Crippen LogP contribution in [0.2, 0.25) is 0 Å². The molecule has 0 unspecified atom stereocenters. The van der Waals surface area contributed by atoms with Gasteiger partial charge < -0.3 is 5.32 Å². The second-order valence-corrected chi connectivity index (χ2v) is 5.48. The van der Waals surface area contributed by atoms with Gasteiger partial charge >= 0.3 is 6.18 Å². The number of nitro benzene ring substituents is 1. The zero-order valence-corrected chi connectivity index (χ0v) is 11.9. The molecule has 1 aliphatic carbocycles. The van der Waals surface area contributed by atoms with E-state index in [1.165, 1.54) is 0 Å². The van der Waals surface area contributed by atoms with Gasteiger partial charge in [0.25, 0.3) is 11.6 Å². The summed E-state index contributed by atoms with van der Waals surface area (Å²) in [7, 11) is 0. The molecule has 0 saturated heterocycles. The molecule has 1 saturated carbocycles. The average molecular weight is 334 g/mol. The molecule has 1 N–H and O–H groups in total. The van der Waals surface area contributed by atoms with Crippen LogP contribution < -0.4 is 5.32 Å². The summed E-state index contributed by atoms with van der Waals surface area (Å²) >= 11 is 0. The van der Waals surface area contributed by atoms with Gasteiger partial charge in [-0.25, -0.2) is 4.39 Å². The molecule has 0 bridgehead atoms. The van der Waals surface area contributed by atoms with E-state index in [9.17, 15) is 32.5 Å². The summed E-state index contributed by atoms with van der Waals surface area (Å²) in [4.78, 5) is 21.9. The van der Waals surface area contributed by atoms with Gasteiger partial charge in [-0.15, -0.1) is 0 Å². The third-order valence-electron chi connectivity index (χ3n) is 3.93. The van der Waals surface area contributed by atoms with Crippen molar-refractivity contribution in [2.45, 2.75) is 37.9 Å². The predicted molar refractivity (Wildman–Crippen MR) is 72.3 cm³/mol. The highest BCUT2D eigenvalue weighted by atomic mass is 19.4. The zero-order chi connectivity index (χ0) is 17.2. The maximum absolute atomic E-state index is 13.6. The second kappa shape index (κ2) is 6.51. The van der Waals surface area contributed by atoms with E-state index in [1.807, 2.05) is 0 Å². The minimum absolute atomic E-state index is 0.105. The molecule has 23 heavy (non-hydrogen) atoms. The lowest BCUT2D eigenvalue weighted by molar-refractivity contribution is -0.384. The van der Waals surface area contributed by atoms with Gasteiger partial charge in [-0.05, 0) is 31.7 Å². The van der Waals surface area contributed by atoms with Crippen LogP contribution in [0.25, 0.3) is 0 Å². The minimum Gasteiger partial charge on any atom is -0.349 e. The van der Waals surface area contributed by atoms with Crippen molar-refractivity contribution >= 4 is 11.6 Å². The van der Waals surface area contributed by atoms with Gasteiger partial charge in [0.1, 0.15) is 5.82 Å². The lowest BCUT2D eigenvalue weighted by Crippen LogP contribution is -2.40. The molecule has 0 spiro atoms. The van der Waals surface area contributed by atoms with Crippen LogP contribution >= 0.6 is 0 Å². The SMILES string of the molecule is O=C(N[C@H]1CC[C@H](C(F)(F)F)CC1)c1cc([N+](=O)[O-])ccc1F. The summed E-state index contributed by atoms with van der Waals surface area (Å²) in [5.74, 6) is -3.16. The van der Waals surface area contributed by atoms with Gasteiger partial charge in [-0.2, -0.15) is 13.2 Å². The average Bonchev–Trinajstić information content (AvgIpc) is 2.47. The van der Waals surface area contributed by atoms with Gasteiger partial charge in [0.15, 0.2) is 0 Å². The number of benzene rings is 1. The van der Waals surface area contributed by atoms with Crippen LogP contribution in [0.1, 0.15) is 36.0 Å². The fraction of sp³-hybridized carbons (Fsp3) is 0.500. The van der Waals surface area contributed by atoms with E-state index in [0.717, 1.165) is 18.2 Å². The first-order chi connectivity index (χ1) is 10.7. The van der Waals surface area contributed by atoms with Crippen LogP contribution in [-0.4, -0.2) is 23.0 Å². The largest absolute Gasteiger partial charge is 0.391 e. The highest BCUT2D eigenvalue weighted by Crippen LogP contribution is 2.37. The molecule has 1 aromatic rings. The Balaban J connectivity index is 2.01. The lowest BCUT2D eigenvalue weighted by Gasteiger charge is -2.30. The number of carbonyl (C=O) groups is 1. The van der Waals surface area contributed by atoms with E-state index < -0.39 is 46.0 Å².